The summed E-state index contributed by atoms with van der Waals surface area (Å²) >= 11 is 1.67. The first-order valence-electron chi connectivity index (χ1n) is 4.71. The Hall–Kier alpha value is -0.510. The minimum Gasteiger partial charge on any atom is -0.261 e. The fourth-order valence-electron chi connectivity index (χ4n) is 1.24. The van der Waals surface area contributed by atoms with E-state index in [1.165, 1.54) is 0 Å². The van der Waals surface area contributed by atoms with Crippen LogP contribution in [0.1, 0.15) is 20.3 Å². The van der Waals surface area contributed by atoms with E-state index in [2.05, 4.69) is 17.0 Å². The molecule has 4 heteroatoms. The van der Waals surface area contributed by atoms with E-state index < -0.39 is 0 Å². The van der Waals surface area contributed by atoms with Crippen LogP contribution in [-0.2, 0) is 0 Å². The molecule has 74 valence electrons. The van der Waals surface area contributed by atoms with Crippen molar-refractivity contribution in [1.82, 2.24) is 5.01 Å². The van der Waals surface area contributed by atoms with Crippen molar-refractivity contribution >= 4 is 23.1 Å². The summed E-state index contributed by atoms with van der Waals surface area (Å²) in [6.07, 6.45) is 5.23. The van der Waals surface area contributed by atoms with Crippen LogP contribution in [0.2, 0.25) is 0 Å². The van der Waals surface area contributed by atoms with Gasteiger partial charge in [-0.1, -0.05) is 18.7 Å². The third-order valence-corrected chi connectivity index (χ3v) is 2.75. The Bertz CT molecular complexity index is 213. The topological polar surface area (TPSA) is 28.0 Å². The van der Waals surface area contributed by atoms with Crippen LogP contribution in [0.5, 0.6) is 0 Å². The molecule has 0 aromatic carbocycles. The summed E-state index contributed by atoms with van der Waals surface area (Å²) in [5.74, 6) is 0.606. The molecule has 1 aliphatic heterocycles. The maximum Gasteiger partial charge on any atom is 0.179 e. The predicted molar refractivity (Wildman–Crippen MR) is 60.5 cm³/mol. The first-order valence-corrected chi connectivity index (χ1v) is 5.94. The highest BCUT2D eigenvalue weighted by Gasteiger charge is 2.19. The largest absolute Gasteiger partial charge is 0.261 e. The van der Waals surface area contributed by atoms with E-state index in [1.54, 1.807) is 11.8 Å². The minimum absolute atomic E-state index is 0.606. The number of hydrogen-bond donors (Lipinski definition) is 0. The number of hydrogen-bond acceptors (Lipinski definition) is 3. The zero-order valence-electron chi connectivity index (χ0n) is 8.53. The van der Waals surface area contributed by atoms with Gasteiger partial charge in [-0.3, -0.25) is 4.99 Å². The van der Waals surface area contributed by atoms with E-state index in [4.69, 9.17) is 0 Å². The second-order valence-corrected chi connectivity index (χ2v) is 3.75. The molecule has 0 fully saturated rings. The summed E-state index contributed by atoms with van der Waals surface area (Å²) < 4.78 is 0. The van der Waals surface area contributed by atoms with Gasteiger partial charge in [-0.25, -0.2) is 5.01 Å². The van der Waals surface area contributed by atoms with Crippen LogP contribution in [-0.4, -0.2) is 35.7 Å². The van der Waals surface area contributed by atoms with Crippen LogP contribution in [0.25, 0.3) is 0 Å². The molecule has 1 atom stereocenters. The molecule has 13 heavy (non-hydrogen) atoms. The maximum absolute atomic E-state index is 4.39. The van der Waals surface area contributed by atoms with Gasteiger partial charge in [0.2, 0.25) is 0 Å². The molecule has 3 nitrogen and oxygen atoms in total. The zero-order valence-corrected chi connectivity index (χ0v) is 9.34. The minimum atomic E-state index is 0.606. The lowest BCUT2D eigenvalue weighted by Crippen LogP contribution is -2.23. The molecule has 0 saturated carbocycles. The Balaban J connectivity index is 2.54. The van der Waals surface area contributed by atoms with Gasteiger partial charge in [-0.2, -0.15) is 5.10 Å². The number of hydrazone groups is 1. The molecule has 0 N–H and O–H groups in total. The van der Waals surface area contributed by atoms with Crippen molar-refractivity contribution in [2.24, 2.45) is 16.0 Å². The maximum atomic E-state index is 4.39. The van der Waals surface area contributed by atoms with Gasteiger partial charge in [0.25, 0.3) is 0 Å². The van der Waals surface area contributed by atoms with Crippen LogP contribution in [0, 0.1) is 5.92 Å². The normalized spacial score (nSPS) is 22.8. The summed E-state index contributed by atoms with van der Waals surface area (Å²) in [5.41, 5.74) is 0. The van der Waals surface area contributed by atoms with Gasteiger partial charge in [0.15, 0.2) is 5.17 Å². The number of rotatable bonds is 2. The van der Waals surface area contributed by atoms with Gasteiger partial charge >= 0.3 is 0 Å². The quantitative estimate of drug-likeness (QED) is 0.503. The van der Waals surface area contributed by atoms with Crippen molar-refractivity contribution < 1.29 is 0 Å². The first kappa shape index (κ1) is 10.6. The Morgan fingerprint density at radius 3 is 2.92 bits per heavy atom. The molecule has 0 saturated heterocycles. The lowest BCUT2D eigenvalue weighted by Gasteiger charge is -2.15. The second-order valence-electron chi connectivity index (χ2n) is 2.98. The molecule has 1 rings (SSSR count). The summed E-state index contributed by atoms with van der Waals surface area (Å²) in [6.45, 7) is 6.07. The van der Waals surface area contributed by atoms with Gasteiger partial charge in [-0.05, 0) is 19.6 Å². The highest BCUT2D eigenvalue weighted by Crippen LogP contribution is 2.15. The Labute approximate surface area is 84.3 Å². The number of thioether (sulfide) groups is 1. The first-order chi connectivity index (χ1) is 6.31. The smallest absolute Gasteiger partial charge is 0.179 e. The molecule has 0 aromatic rings. The van der Waals surface area contributed by atoms with Crippen molar-refractivity contribution in [1.29, 1.82) is 0 Å². The molecular formula is C9H17N3S. The predicted octanol–water partition coefficient (Wildman–Crippen LogP) is 2.05. The van der Waals surface area contributed by atoms with Crippen molar-refractivity contribution in [3.05, 3.63) is 0 Å². The summed E-state index contributed by atoms with van der Waals surface area (Å²) in [6, 6.07) is 0. The van der Waals surface area contributed by atoms with Gasteiger partial charge in [0.05, 0.1) is 6.54 Å². The van der Waals surface area contributed by atoms with E-state index in [9.17, 15) is 0 Å². The molecule has 1 heterocycles. The van der Waals surface area contributed by atoms with Crippen LogP contribution >= 0.6 is 11.8 Å². The Morgan fingerprint density at radius 1 is 1.69 bits per heavy atom. The average Bonchev–Trinajstić information content (AvgIpc) is 2.62. The summed E-state index contributed by atoms with van der Waals surface area (Å²) in [5, 5.41) is 7.37. The average molecular weight is 199 g/mol. The van der Waals surface area contributed by atoms with Crippen molar-refractivity contribution in [2.75, 3.05) is 19.3 Å². The van der Waals surface area contributed by atoms with E-state index in [0.717, 1.165) is 24.7 Å². The van der Waals surface area contributed by atoms with Gasteiger partial charge in [0, 0.05) is 18.7 Å². The van der Waals surface area contributed by atoms with E-state index >= 15 is 0 Å². The fourth-order valence-corrected chi connectivity index (χ4v) is 1.83. The zero-order chi connectivity index (χ0) is 9.68. The second kappa shape index (κ2) is 5.27. The SMILES string of the molecule is CC/N=C(\SC)N1CC(CC)C=N1. The lowest BCUT2D eigenvalue weighted by molar-refractivity contribution is 0.447. The van der Waals surface area contributed by atoms with E-state index in [-0.39, 0.29) is 0 Å². The summed E-state index contributed by atoms with van der Waals surface area (Å²) in [4.78, 5) is 4.39. The van der Waals surface area contributed by atoms with Gasteiger partial charge < -0.3 is 0 Å². The number of nitrogens with zero attached hydrogens (tertiary/aromatic N) is 3. The van der Waals surface area contributed by atoms with E-state index in [0.29, 0.717) is 5.92 Å². The standard InChI is InChI=1S/C9H17N3S/c1-4-8-6-11-12(7-8)9(13-3)10-5-2/h6,8H,4-5,7H2,1-3H3/b10-9-. The molecule has 0 radical (unpaired) electrons. The Kier molecular flexibility index (Phi) is 4.28. The summed E-state index contributed by atoms with van der Waals surface area (Å²) in [7, 11) is 0. The highest BCUT2D eigenvalue weighted by molar-refractivity contribution is 8.13. The third-order valence-electron chi connectivity index (χ3n) is 2.05. The van der Waals surface area contributed by atoms with Crippen molar-refractivity contribution in [3.8, 4) is 0 Å². The van der Waals surface area contributed by atoms with Crippen LogP contribution in [0.15, 0.2) is 10.1 Å². The lowest BCUT2D eigenvalue weighted by atomic mass is 10.1. The molecule has 0 aromatic heterocycles. The van der Waals surface area contributed by atoms with Crippen molar-refractivity contribution in [3.63, 3.8) is 0 Å². The van der Waals surface area contributed by atoms with Gasteiger partial charge in [0.1, 0.15) is 0 Å². The molecule has 1 unspecified atom stereocenters. The van der Waals surface area contributed by atoms with Crippen LogP contribution in [0.4, 0.5) is 0 Å². The van der Waals surface area contributed by atoms with Gasteiger partial charge in [-0.15, -0.1) is 0 Å². The van der Waals surface area contributed by atoms with E-state index in [1.807, 2.05) is 24.4 Å². The Morgan fingerprint density at radius 2 is 2.46 bits per heavy atom. The molecule has 1 aliphatic rings. The molecule has 0 spiro atoms. The van der Waals surface area contributed by atoms with Crippen LogP contribution < -0.4 is 0 Å². The highest BCUT2D eigenvalue weighted by atomic mass is 32.2. The number of amidine groups is 1. The van der Waals surface area contributed by atoms with Crippen molar-refractivity contribution in [2.45, 2.75) is 20.3 Å². The third kappa shape index (κ3) is 2.72. The van der Waals surface area contributed by atoms with Crippen LogP contribution in [0.3, 0.4) is 0 Å². The molecule has 0 bridgehead atoms. The molecule has 0 amide bonds. The fraction of sp³-hybridized carbons (Fsp3) is 0.778. The molecule has 0 aliphatic carbocycles. The molecular weight excluding hydrogens is 182 g/mol. The number of aliphatic imine (C=N–C) groups is 1. The monoisotopic (exact) mass is 199 g/mol.